The average molecular weight is 707 g/mol. The number of ether oxygens (including phenoxy) is 1. The minimum absolute atomic E-state index is 0.459. The SMILES string of the molecule is C=Nc1c(OCc2ccccc2)ccc2cccc(-c3ccc4cc(N(c5ccc(-c6ccccc6)cc5)c5ccc(-c6ccccc6)cc5)ccc4c3)c12. The van der Waals surface area contributed by atoms with E-state index < -0.39 is 0 Å². The summed E-state index contributed by atoms with van der Waals surface area (Å²) < 4.78 is 6.31. The highest BCUT2D eigenvalue weighted by Crippen LogP contribution is 2.43. The highest BCUT2D eigenvalue weighted by molar-refractivity contribution is 6.07. The normalized spacial score (nSPS) is 11.1. The Morgan fingerprint density at radius 3 is 1.55 bits per heavy atom. The van der Waals surface area contributed by atoms with Gasteiger partial charge in [-0.2, -0.15) is 0 Å². The van der Waals surface area contributed by atoms with E-state index in [1.165, 1.54) is 22.3 Å². The molecule has 0 aromatic heterocycles. The molecule has 0 fully saturated rings. The number of rotatable bonds is 10. The zero-order valence-corrected chi connectivity index (χ0v) is 30.3. The molecule has 55 heavy (non-hydrogen) atoms. The Kier molecular flexibility index (Phi) is 9.17. The van der Waals surface area contributed by atoms with Gasteiger partial charge in [0.15, 0.2) is 0 Å². The van der Waals surface area contributed by atoms with Crippen molar-refractivity contribution in [2.75, 3.05) is 4.90 Å². The Morgan fingerprint density at radius 2 is 0.927 bits per heavy atom. The van der Waals surface area contributed by atoms with Crippen LogP contribution in [0.4, 0.5) is 22.7 Å². The van der Waals surface area contributed by atoms with Gasteiger partial charge < -0.3 is 9.64 Å². The molecule has 0 bridgehead atoms. The van der Waals surface area contributed by atoms with Crippen molar-refractivity contribution < 1.29 is 4.74 Å². The maximum absolute atomic E-state index is 6.31. The molecule has 0 N–H and O–H groups in total. The third-order valence-corrected chi connectivity index (χ3v) is 10.2. The van der Waals surface area contributed by atoms with Crippen LogP contribution in [0.3, 0.4) is 0 Å². The third-order valence-electron chi connectivity index (χ3n) is 10.2. The van der Waals surface area contributed by atoms with Crippen LogP contribution in [0.15, 0.2) is 211 Å². The zero-order valence-electron chi connectivity index (χ0n) is 30.3. The molecular weight excluding hydrogens is 669 g/mol. The number of benzene rings is 9. The number of anilines is 3. The molecule has 9 aromatic rings. The maximum atomic E-state index is 6.31. The van der Waals surface area contributed by atoms with Gasteiger partial charge in [0.1, 0.15) is 18.0 Å². The molecule has 0 spiro atoms. The molecule has 9 aromatic carbocycles. The van der Waals surface area contributed by atoms with Crippen LogP contribution in [0.1, 0.15) is 5.56 Å². The lowest BCUT2D eigenvalue weighted by Gasteiger charge is -2.26. The Morgan fingerprint density at radius 1 is 0.418 bits per heavy atom. The van der Waals surface area contributed by atoms with Crippen LogP contribution in [0.2, 0.25) is 0 Å². The second-order valence-electron chi connectivity index (χ2n) is 13.7. The van der Waals surface area contributed by atoms with E-state index >= 15 is 0 Å². The minimum atomic E-state index is 0.459. The van der Waals surface area contributed by atoms with Crippen molar-refractivity contribution in [1.29, 1.82) is 0 Å². The quantitative estimate of drug-likeness (QED) is 0.132. The van der Waals surface area contributed by atoms with Gasteiger partial charge in [-0.15, -0.1) is 0 Å². The topological polar surface area (TPSA) is 24.8 Å². The Hall–Kier alpha value is -7.23. The monoisotopic (exact) mass is 706 g/mol. The lowest BCUT2D eigenvalue weighted by molar-refractivity contribution is 0.308. The summed E-state index contributed by atoms with van der Waals surface area (Å²) in [4.78, 5) is 6.85. The van der Waals surface area contributed by atoms with Crippen LogP contribution in [0, 0.1) is 0 Å². The summed E-state index contributed by atoms with van der Waals surface area (Å²) in [7, 11) is 0. The summed E-state index contributed by atoms with van der Waals surface area (Å²) in [6, 6.07) is 72.8. The van der Waals surface area contributed by atoms with Gasteiger partial charge in [0.05, 0.1) is 0 Å². The van der Waals surface area contributed by atoms with Crippen molar-refractivity contribution in [3.63, 3.8) is 0 Å². The third kappa shape index (κ3) is 6.88. The molecule has 262 valence electrons. The van der Waals surface area contributed by atoms with E-state index in [0.717, 1.165) is 66.7 Å². The summed E-state index contributed by atoms with van der Waals surface area (Å²) in [5.41, 5.74) is 12.1. The van der Waals surface area contributed by atoms with Crippen LogP contribution >= 0.6 is 0 Å². The first-order chi connectivity index (χ1) is 27.2. The highest BCUT2D eigenvalue weighted by atomic mass is 16.5. The number of aliphatic imine (C=N–C) groups is 1. The van der Waals surface area contributed by atoms with E-state index in [4.69, 9.17) is 4.74 Å². The maximum Gasteiger partial charge on any atom is 0.146 e. The Balaban J connectivity index is 1.09. The van der Waals surface area contributed by atoms with Gasteiger partial charge in [-0.25, -0.2) is 0 Å². The minimum Gasteiger partial charge on any atom is -0.487 e. The molecule has 9 rings (SSSR count). The van der Waals surface area contributed by atoms with E-state index in [9.17, 15) is 0 Å². The lowest BCUT2D eigenvalue weighted by Crippen LogP contribution is -2.09. The molecule has 3 heteroatoms. The number of hydrogen-bond acceptors (Lipinski definition) is 3. The Labute approximate surface area is 322 Å². The van der Waals surface area contributed by atoms with Gasteiger partial charge in [-0.3, -0.25) is 4.99 Å². The van der Waals surface area contributed by atoms with Crippen molar-refractivity contribution >= 4 is 51.0 Å². The molecule has 0 saturated heterocycles. The van der Waals surface area contributed by atoms with E-state index in [1.807, 2.05) is 24.3 Å². The predicted molar refractivity (Wildman–Crippen MR) is 232 cm³/mol. The van der Waals surface area contributed by atoms with Crippen LogP contribution in [-0.4, -0.2) is 6.72 Å². The fraction of sp³-hybridized carbons (Fsp3) is 0.0192. The largest absolute Gasteiger partial charge is 0.487 e. The van der Waals surface area contributed by atoms with Gasteiger partial charge in [0.25, 0.3) is 0 Å². The van der Waals surface area contributed by atoms with E-state index in [2.05, 4.69) is 199 Å². The van der Waals surface area contributed by atoms with Crippen molar-refractivity contribution in [3.8, 4) is 39.1 Å². The first-order valence-electron chi connectivity index (χ1n) is 18.6. The molecule has 0 atom stereocenters. The fourth-order valence-corrected chi connectivity index (χ4v) is 7.44. The van der Waals surface area contributed by atoms with E-state index in [1.54, 1.807) is 0 Å². The van der Waals surface area contributed by atoms with Gasteiger partial charge >= 0.3 is 0 Å². The van der Waals surface area contributed by atoms with Crippen molar-refractivity contribution in [2.24, 2.45) is 4.99 Å². The second kappa shape index (κ2) is 15.0. The van der Waals surface area contributed by atoms with Crippen molar-refractivity contribution in [2.45, 2.75) is 6.61 Å². The van der Waals surface area contributed by atoms with E-state index in [-0.39, 0.29) is 0 Å². The average Bonchev–Trinajstić information content (AvgIpc) is 3.26. The van der Waals surface area contributed by atoms with Crippen LogP contribution in [-0.2, 0) is 6.61 Å². The lowest BCUT2D eigenvalue weighted by atomic mass is 9.94. The molecule has 0 radical (unpaired) electrons. The fourth-order valence-electron chi connectivity index (χ4n) is 7.44. The van der Waals surface area contributed by atoms with Gasteiger partial charge in [-0.1, -0.05) is 158 Å². The highest BCUT2D eigenvalue weighted by Gasteiger charge is 2.16. The van der Waals surface area contributed by atoms with Crippen LogP contribution in [0.25, 0.3) is 54.9 Å². The molecule has 0 unspecified atom stereocenters. The molecule has 0 aliphatic heterocycles. The smallest absolute Gasteiger partial charge is 0.146 e. The van der Waals surface area contributed by atoms with Crippen molar-refractivity contribution in [1.82, 2.24) is 0 Å². The molecule has 0 heterocycles. The number of hydrogen-bond donors (Lipinski definition) is 0. The first-order valence-corrected chi connectivity index (χ1v) is 18.6. The second-order valence-corrected chi connectivity index (χ2v) is 13.7. The summed E-state index contributed by atoms with van der Waals surface area (Å²) in [6.07, 6.45) is 0. The molecular formula is C52H38N2O. The number of nitrogens with zero attached hydrogens (tertiary/aromatic N) is 2. The first kappa shape index (κ1) is 33.6. The molecule has 0 aliphatic rings. The predicted octanol–water partition coefficient (Wildman–Crippen LogP) is 14.4. The number of fused-ring (bicyclic) bond motifs is 2. The standard InChI is InChI=1S/C52H38N2O/c1-53-52-50(55-36-37-12-5-2-6-13-37)33-27-42-18-11-19-49(51(42)52)45-21-20-44-35-48(32-26-43(44)34-45)54(46-28-22-40(23-29-46)38-14-7-3-8-15-38)47-30-24-41(25-31-47)39-16-9-4-10-17-39/h2-35H,1,36H2. The summed E-state index contributed by atoms with van der Waals surface area (Å²) in [6.45, 7) is 4.42. The van der Waals surface area contributed by atoms with Gasteiger partial charge in [0, 0.05) is 22.4 Å². The summed E-state index contributed by atoms with van der Waals surface area (Å²) in [5.74, 6) is 0.720. The molecule has 0 amide bonds. The van der Waals surface area contributed by atoms with Crippen molar-refractivity contribution in [3.05, 3.63) is 212 Å². The summed E-state index contributed by atoms with van der Waals surface area (Å²) >= 11 is 0. The van der Waals surface area contributed by atoms with E-state index in [0.29, 0.717) is 6.61 Å². The van der Waals surface area contributed by atoms with Crippen LogP contribution in [0.5, 0.6) is 5.75 Å². The molecule has 0 saturated carbocycles. The van der Waals surface area contributed by atoms with Gasteiger partial charge in [-0.05, 0) is 110 Å². The summed E-state index contributed by atoms with van der Waals surface area (Å²) in [5, 5.41) is 4.43. The molecule has 3 nitrogen and oxygen atoms in total. The van der Waals surface area contributed by atoms with Gasteiger partial charge in [0.2, 0.25) is 0 Å². The zero-order chi connectivity index (χ0) is 37.0. The van der Waals surface area contributed by atoms with Crippen LogP contribution < -0.4 is 9.64 Å². The Bertz CT molecular complexity index is 2660. The molecule has 0 aliphatic carbocycles.